The lowest BCUT2D eigenvalue weighted by Crippen LogP contribution is -2.27. The van der Waals surface area contributed by atoms with Crippen LogP contribution in [-0.4, -0.2) is 23.9 Å². The molecule has 1 amide bonds. The van der Waals surface area contributed by atoms with Crippen molar-refractivity contribution in [3.05, 3.63) is 71.7 Å². The monoisotopic (exact) mass is 383 g/mol. The molecule has 4 nitrogen and oxygen atoms in total. The first-order chi connectivity index (χ1) is 12.6. The Kier molecular flexibility index (Phi) is 5.75. The van der Waals surface area contributed by atoms with E-state index in [1.54, 1.807) is 25.3 Å². The van der Waals surface area contributed by atoms with E-state index in [1.807, 2.05) is 42.5 Å². The molecular formula is C20H17NO3S2. The van der Waals surface area contributed by atoms with Crippen LogP contribution in [0.3, 0.4) is 0 Å². The number of nitrogens with zero attached hydrogens (tertiary/aromatic N) is 1. The van der Waals surface area contributed by atoms with Gasteiger partial charge in [0.2, 0.25) is 0 Å². The van der Waals surface area contributed by atoms with Gasteiger partial charge in [-0.05, 0) is 48.0 Å². The molecule has 0 radical (unpaired) electrons. The number of amides is 1. The maximum atomic E-state index is 12.8. The zero-order valence-electron chi connectivity index (χ0n) is 14.2. The molecule has 132 valence electrons. The number of benzene rings is 2. The van der Waals surface area contributed by atoms with Crippen LogP contribution in [0.15, 0.2) is 66.1 Å². The minimum absolute atomic E-state index is 0.128. The number of hydrogen-bond donors (Lipinski definition) is 0. The zero-order chi connectivity index (χ0) is 18.5. The largest absolute Gasteiger partial charge is 0.497 e. The number of thiocarbonyl (C=S) groups is 1. The molecule has 0 bridgehead atoms. The lowest BCUT2D eigenvalue weighted by Gasteiger charge is -2.14. The van der Waals surface area contributed by atoms with E-state index in [0.717, 1.165) is 22.7 Å². The van der Waals surface area contributed by atoms with E-state index >= 15 is 0 Å². The van der Waals surface area contributed by atoms with Crippen molar-refractivity contribution in [2.24, 2.45) is 0 Å². The average Bonchev–Trinajstić information content (AvgIpc) is 2.94. The topological polar surface area (TPSA) is 38.8 Å². The van der Waals surface area contributed by atoms with Gasteiger partial charge >= 0.3 is 0 Å². The molecule has 0 unspecified atom stereocenters. The van der Waals surface area contributed by atoms with Crippen LogP contribution in [0.25, 0.3) is 6.08 Å². The quantitative estimate of drug-likeness (QED) is 0.412. The van der Waals surface area contributed by atoms with E-state index in [0.29, 0.717) is 15.8 Å². The van der Waals surface area contributed by atoms with Crippen LogP contribution >= 0.6 is 24.0 Å². The van der Waals surface area contributed by atoms with Crippen LogP contribution in [0.5, 0.6) is 11.5 Å². The Morgan fingerprint density at radius 1 is 1.12 bits per heavy atom. The van der Waals surface area contributed by atoms with E-state index < -0.39 is 0 Å². The minimum atomic E-state index is -0.128. The van der Waals surface area contributed by atoms with E-state index in [4.69, 9.17) is 21.7 Å². The molecule has 3 rings (SSSR count). The summed E-state index contributed by atoms with van der Waals surface area (Å²) in [7, 11) is 1.60. The van der Waals surface area contributed by atoms with Gasteiger partial charge in [0.1, 0.15) is 18.1 Å². The molecule has 1 fully saturated rings. The van der Waals surface area contributed by atoms with Gasteiger partial charge in [-0.3, -0.25) is 9.69 Å². The number of ether oxygens (including phenoxy) is 2. The van der Waals surface area contributed by atoms with Gasteiger partial charge in [0.15, 0.2) is 4.32 Å². The first-order valence-electron chi connectivity index (χ1n) is 7.88. The second kappa shape index (κ2) is 8.21. The Morgan fingerprint density at radius 3 is 2.38 bits per heavy atom. The lowest BCUT2D eigenvalue weighted by atomic mass is 10.2. The summed E-state index contributed by atoms with van der Waals surface area (Å²) in [6, 6.07) is 14.8. The predicted octanol–water partition coefficient (Wildman–Crippen LogP) is 4.67. The zero-order valence-corrected chi connectivity index (χ0v) is 15.8. The molecule has 0 spiro atoms. The fraction of sp³-hybridized carbons (Fsp3) is 0.100. The summed E-state index contributed by atoms with van der Waals surface area (Å²) in [6.45, 7) is 4.08. The lowest BCUT2D eigenvalue weighted by molar-refractivity contribution is -0.113. The Hall–Kier alpha value is -2.57. The SMILES string of the molecule is C=CCOc1ccc(C=C2SC(=S)N(c3ccc(OC)cc3)C2=O)cc1. The highest BCUT2D eigenvalue weighted by Crippen LogP contribution is 2.36. The van der Waals surface area contributed by atoms with Crippen LogP contribution in [0.1, 0.15) is 5.56 Å². The van der Waals surface area contributed by atoms with Gasteiger partial charge in [0, 0.05) is 0 Å². The van der Waals surface area contributed by atoms with Crippen molar-refractivity contribution in [3.63, 3.8) is 0 Å². The summed E-state index contributed by atoms with van der Waals surface area (Å²) in [5, 5.41) is 0. The molecule has 6 heteroatoms. The van der Waals surface area contributed by atoms with Crippen LogP contribution in [0.2, 0.25) is 0 Å². The molecule has 1 saturated heterocycles. The third-order valence-corrected chi connectivity index (χ3v) is 4.97. The number of carbonyl (C=O) groups is 1. The number of anilines is 1. The first-order valence-corrected chi connectivity index (χ1v) is 9.10. The van der Waals surface area contributed by atoms with Crippen molar-refractivity contribution in [1.82, 2.24) is 0 Å². The Labute approximate surface area is 162 Å². The standard InChI is InChI=1S/C20H17NO3S2/c1-3-12-24-17-8-4-14(5-9-17)13-18-19(22)21(20(25)26-18)15-6-10-16(23-2)11-7-15/h3-11,13H,1,12H2,2H3. The summed E-state index contributed by atoms with van der Waals surface area (Å²) in [6.07, 6.45) is 3.53. The molecule has 0 aromatic heterocycles. The molecule has 26 heavy (non-hydrogen) atoms. The van der Waals surface area contributed by atoms with Crippen molar-refractivity contribution in [2.45, 2.75) is 0 Å². The summed E-state index contributed by atoms with van der Waals surface area (Å²) in [4.78, 5) is 14.9. The normalized spacial score (nSPS) is 15.4. The number of thioether (sulfide) groups is 1. The second-order valence-electron chi connectivity index (χ2n) is 5.38. The van der Waals surface area contributed by atoms with Crippen LogP contribution in [0.4, 0.5) is 5.69 Å². The summed E-state index contributed by atoms with van der Waals surface area (Å²) in [5.41, 5.74) is 1.64. The van der Waals surface area contributed by atoms with E-state index in [-0.39, 0.29) is 5.91 Å². The van der Waals surface area contributed by atoms with Crippen LogP contribution in [0, 0.1) is 0 Å². The van der Waals surface area contributed by atoms with Gasteiger partial charge in [0.25, 0.3) is 5.91 Å². The second-order valence-corrected chi connectivity index (χ2v) is 7.06. The summed E-state index contributed by atoms with van der Waals surface area (Å²) < 4.78 is 11.1. The molecule has 1 aliphatic rings. The Morgan fingerprint density at radius 2 is 1.77 bits per heavy atom. The Balaban J connectivity index is 1.79. The fourth-order valence-corrected chi connectivity index (χ4v) is 3.69. The maximum Gasteiger partial charge on any atom is 0.270 e. The van der Waals surface area contributed by atoms with Crippen molar-refractivity contribution in [2.75, 3.05) is 18.6 Å². The highest BCUT2D eigenvalue weighted by Gasteiger charge is 2.33. The van der Waals surface area contributed by atoms with Gasteiger partial charge < -0.3 is 9.47 Å². The van der Waals surface area contributed by atoms with Crippen molar-refractivity contribution < 1.29 is 14.3 Å². The molecule has 0 atom stereocenters. The third kappa shape index (κ3) is 3.98. The van der Waals surface area contributed by atoms with E-state index in [1.165, 1.54) is 16.7 Å². The maximum absolute atomic E-state index is 12.8. The van der Waals surface area contributed by atoms with Crippen LogP contribution < -0.4 is 14.4 Å². The average molecular weight is 383 g/mol. The fourth-order valence-electron chi connectivity index (χ4n) is 2.39. The van der Waals surface area contributed by atoms with Crippen molar-refractivity contribution in [1.29, 1.82) is 0 Å². The molecular weight excluding hydrogens is 366 g/mol. The third-order valence-electron chi connectivity index (χ3n) is 3.67. The molecule has 1 heterocycles. The molecule has 0 N–H and O–H groups in total. The highest BCUT2D eigenvalue weighted by atomic mass is 32.2. The van der Waals surface area contributed by atoms with Crippen LogP contribution in [-0.2, 0) is 4.79 Å². The summed E-state index contributed by atoms with van der Waals surface area (Å²) >= 11 is 6.68. The number of carbonyl (C=O) groups excluding carboxylic acids is 1. The number of hydrogen-bond acceptors (Lipinski definition) is 5. The molecule has 0 aliphatic carbocycles. The first kappa shape index (κ1) is 18.2. The van der Waals surface area contributed by atoms with Gasteiger partial charge in [-0.15, -0.1) is 0 Å². The van der Waals surface area contributed by atoms with Gasteiger partial charge in [-0.2, -0.15) is 0 Å². The van der Waals surface area contributed by atoms with Gasteiger partial charge in [-0.1, -0.05) is 48.8 Å². The Bertz CT molecular complexity index is 858. The highest BCUT2D eigenvalue weighted by molar-refractivity contribution is 8.27. The molecule has 0 saturated carbocycles. The summed E-state index contributed by atoms with van der Waals surface area (Å²) in [5.74, 6) is 1.36. The van der Waals surface area contributed by atoms with E-state index in [9.17, 15) is 4.79 Å². The number of rotatable bonds is 6. The minimum Gasteiger partial charge on any atom is -0.497 e. The molecule has 2 aromatic carbocycles. The molecule has 1 aliphatic heterocycles. The predicted molar refractivity (Wildman–Crippen MR) is 111 cm³/mol. The van der Waals surface area contributed by atoms with Crippen molar-refractivity contribution in [3.8, 4) is 11.5 Å². The van der Waals surface area contributed by atoms with E-state index in [2.05, 4.69) is 6.58 Å². The van der Waals surface area contributed by atoms with Crippen molar-refractivity contribution >= 4 is 46.0 Å². The van der Waals surface area contributed by atoms with Gasteiger partial charge in [-0.25, -0.2) is 0 Å². The smallest absolute Gasteiger partial charge is 0.270 e. The molecule has 2 aromatic rings. The number of methoxy groups -OCH3 is 1. The van der Waals surface area contributed by atoms with Gasteiger partial charge in [0.05, 0.1) is 17.7 Å².